The maximum atomic E-state index is 11.4. The fourth-order valence-electron chi connectivity index (χ4n) is 0.984. The zero-order valence-electron chi connectivity index (χ0n) is 8.28. The van der Waals surface area contributed by atoms with Crippen LogP contribution in [0.4, 0.5) is 11.4 Å². The average Bonchev–Trinajstić information content (AvgIpc) is 2.08. The van der Waals surface area contributed by atoms with E-state index in [1.165, 1.54) is 6.07 Å². The van der Waals surface area contributed by atoms with Crippen LogP contribution in [-0.4, -0.2) is 12.1 Å². The Hall–Kier alpha value is -1.71. The van der Waals surface area contributed by atoms with Crippen molar-refractivity contribution in [2.24, 2.45) is 0 Å². The van der Waals surface area contributed by atoms with Crippen LogP contribution < -0.4 is 11.5 Å². The maximum absolute atomic E-state index is 11.4. The summed E-state index contributed by atoms with van der Waals surface area (Å²) in [6.45, 7) is 3.58. The Morgan fingerprint density at radius 3 is 2.43 bits per heavy atom. The SMILES string of the molecule is CC(C)OC(=O)c1ccc(N)c(N)c1. The van der Waals surface area contributed by atoms with Crippen molar-refractivity contribution >= 4 is 17.3 Å². The Morgan fingerprint density at radius 1 is 1.29 bits per heavy atom. The lowest BCUT2D eigenvalue weighted by molar-refractivity contribution is 0.0378. The van der Waals surface area contributed by atoms with Crippen molar-refractivity contribution in [2.75, 3.05) is 11.5 Å². The van der Waals surface area contributed by atoms with Crippen molar-refractivity contribution in [3.63, 3.8) is 0 Å². The topological polar surface area (TPSA) is 78.3 Å². The highest BCUT2D eigenvalue weighted by atomic mass is 16.5. The molecule has 4 heteroatoms. The number of esters is 1. The first-order valence-corrected chi connectivity index (χ1v) is 4.36. The Balaban J connectivity index is 2.86. The standard InChI is InChI=1S/C10H14N2O2/c1-6(2)14-10(13)7-3-4-8(11)9(12)5-7/h3-6H,11-12H2,1-2H3. The monoisotopic (exact) mass is 194 g/mol. The predicted octanol–water partition coefficient (Wildman–Crippen LogP) is 1.42. The fourth-order valence-corrected chi connectivity index (χ4v) is 0.984. The molecule has 1 aromatic carbocycles. The smallest absolute Gasteiger partial charge is 0.338 e. The molecule has 0 fully saturated rings. The number of carbonyl (C=O) groups excluding carboxylic acids is 1. The molecule has 4 N–H and O–H groups in total. The third-order valence-corrected chi connectivity index (χ3v) is 1.67. The van der Waals surface area contributed by atoms with Crippen LogP contribution in [0.25, 0.3) is 0 Å². The molecular formula is C10H14N2O2. The molecule has 0 saturated heterocycles. The molecule has 4 nitrogen and oxygen atoms in total. The molecule has 0 unspecified atom stereocenters. The first-order valence-electron chi connectivity index (χ1n) is 4.36. The lowest BCUT2D eigenvalue weighted by Gasteiger charge is -2.08. The summed E-state index contributed by atoms with van der Waals surface area (Å²) in [5.74, 6) is -0.383. The van der Waals surface area contributed by atoms with Gasteiger partial charge in [0.15, 0.2) is 0 Å². The predicted molar refractivity (Wildman–Crippen MR) is 55.8 cm³/mol. The van der Waals surface area contributed by atoms with Crippen molar-refractivity contribution in [2.45, 2.75) is 20.0 Å². The Morgan fingerprint density at radius 2 is 1.93 bits per heavy atom. The fraction of sp³-hybridized carbons (Fsp3) is 0.300. The van der Waals surface area contributed by atoms with Gasteiger partial charge in [-0.3, -0.25) is 0 Å². The van der Waals surface area contributed by atoms with E-state index in [4.69, 9.17) is 16.2 Å². The molecule has 0 aromatic heterocycles. The van der Waals surface area contributed by atoms with E-state index in [2.05, 4.69) is 0 Å². The molecule has 0 heterocycles. The first-order chi connectivity index (χ1) is 6.50. The van der Waals surface area contributed by atoms with E-state index in [0.29, 0.717) is 16.9 Å². The normalized spacial score (nSPS) is 10.2. The zero-order chi connectivity index (χ0) is 10.7. The number of carbonyl (C=O) groups is 1. The van der Waals surface area contributed by atoms with Crippen LogP contribution in [0, 0.1) is 0 Å². The van der Waals surface area contributed by atoms with Gasteiger partial charge in [0.05, 0.1) is 23.0 Å². The first kappa shape index (κ1) is 10.4. The molecule has 76 valence electrons. The summed E-state index contributed by atoms with van der Waals surface area (Å²) in [5.41, 5.74) is 12.3. The van der Waals surface area contributed by atoms with Gasteiger partial charge >= 0.3 is 5.97 Å². The second-order valence-corrected chi connectivity index (χ2v) is 3.30. The highest BCUT2D eigenvalue weighted by molar-refractivity contribution is 5.91. The second-order valence-electron chi connectivity index (χ2n) is 3.30. The number of nitrogen functional groups attached to an aromatic ring is 2. The lowest BCUT2D eigenvalue weighted by Crippen LogP contribution is -2.12. The van der Waals surface area contributed by atoms with E-state index in [1.807, 2.05) is 0 Å². The van der Waals surface area contributed by atoms with Crippen LogP contribution in [0.5, 0.6) is 0 Å². The summed E-state index contributed by atoms with van der Waals surface area (Å²) in [6.07, 6.45) is -0.138. The van der Waals surface area contributed by atoms with Crippen LogP contribution >= 0.6 is 0 Å². The number of hydrogen-bond acceptors (Lipinski definition) is 4. The average molecular weight is 194 g/mol. The molecule has 1 aromatic rings. The Bertz CT molecular complexity index is 348. The summed E-state index contributed by atoms with van der Waals surface area (Å²) in [4.78, 5) is 11.4. The van der Waals surface area contributed by atoms with E-state index >= 15 is 0 Å². The van der Waals surface area contributed by atoms with Crippen LogP contribution in [-0.2, 0) is 4.74 Å². The molecule has 0 bridgehead atoms. The van der Waals surface area contributed by atoms with Gasteiger partial charge in [-0.25, -0.2) is 4.79 Å². The van der Waals surface area contributed by atoms with Gasteiger partial charge < -0.3 is 16.2 Å². The van der Waals surface area contributed by atoms with Gasteiger partial charge in [-0.2, -0.15) is 0 Å². The minimum atomic E-state index is -0.383. The Kier molecular flexibility index (Phi) is 2.96. The van der Waals surface area contributed by atoms with E-state index in [1.54, 1.807) is 26.0 Å². The van der Waals surface area contributed by atoms with Crippen LogP contribution in [0.15, 0.2) is 18.2 Å². The van der Waals surface area contributed by atoms with Gasteiger partial charge in [0, 0.05) is 0 Å². The van der Waals surface area contributed by atoms with Gasteiger partial charge in [-0.05, 0) is 32.0 Å². The molecule has 0 saturated carbocycles. The molecular weight excluding hydrogens is 180 g/mol. The van der Waals surface area contributed by atoms with Crippen LogP contribution in [0.3, 0.4) is 0 Å². The quantitative estimate of drug-likeness (QED) is 0.551. The van der Waals surface area contributed by atoms with Crippen molar-refractivity contribution < 1.29 is 9.53 Å². The number of hydrogen-bond donors (Lipinski definition) is 2. The van der Waals surface area contributed by atoms with E-state index in [-0.39, 0.29) is 12.1 Å². The van der Waals surface area contributed by atoms with E-state index < -0.39 is 0 Å². The third-order valence-electron chi connectivity index (χ3n) is 1.67. The second kappa shape index (κ2) is 4.00. The summed E-state index contributed by atoms with van der Waals surface area (Å²) in [7, 11) is 0. The molecule has 0 spiro atoms. The van der Waals surface area contributed by atoms with Crippen molar-refractivity contribution in [3.05, 3.63) is 23.8 Å². The van der Waals surface area contributed by atoms with Gasteiger partial charge in [0.1, 0.15) is 0 Å². The number of ether oxygens (including phenoxy) is 1. The minimum Gasteiger partial charge on any atom is -0.459 e. The van der Waals surface area contributed by atoms with Crippen molar-refractivity contribution in [3.8, 4) is 0 Å². The molecule has 14 heavy (non-hydrogen) atoms. The molecule has 1 rings (SSSR count). The Labute approximate surface area is 82.8 Å². The molecule has 0 atom stereocenters. The highest BCUT2D eigenvalue weighted by Crippen LogP contribution is 2.16. The van der Waals surface area contributed by atoms with Crippen molar-refractivity contribution in [1.82, 2.24) is 0 Å². The van der Waals surface area contributed by atoms with Crippen LogP contribution in [0.1, 0.15) is 24.2 Å². The minimum absolute atomic E-state index is 0.138. The summed E-state index contributed by atoms with van der Waals surface area (Å²) < 4.78 is 5.00. The molecule has 0 radical (unpaired) electrons. The van der Waals surface area contributed by atoms with E-state index in [9.17, 15) is 4.79 Å². The number of rotatable bonds is 2. The maximum Gasteiger partial charge on any atom is 0.338 e. The number of benzene rings is 1. The number of nitrogens with two attached hydrogens (primary N) is 2. The lowest BCUT2D eigenvalue weighted by atomic mass is 10.2. The van der Waals surface area contributed by atoms with Crippen LogP contribution in [0.2, 0.25) is 0 Å². The zero-order valence-corrected chi connectivity index (χ0v) is 8.28. The molecule has 0 aliphatic carbocycles. The van der Waals surface area contributed by atoms with E-state index in [0.717, 1.165) is 0 Å². The molecule has 0 amide bonds. The van der Waals surface area contributed by atoms with Gasteiger partial charge in [-0.1, -0.05) is 0 Å². The number of anilines is 2. The van der Waals surface area contributed by atoms with Gasteiger partial charge in [0.2, 0.25) is 0 Å². The molecule has 0 aliphatic rings. The summed E-state index contributed by atoms with van der Waals surface area (Å²) >= 11 is 0. The highest BCUT2D eigenvalue weighted by Gasteiger charge is 2.09. The van der Waals surface area contributed by atoms with Gasteiger partial charge in [-0.15, -0.1) is 0 Å². The third kappa shape index (κ3) is 2.39. The summed E-state index contributed by atoms with van der Waals surface area (Å²) in [5, 5.41) is 0. The summed E-state index contributed by atoms with van der Waals surface area (Å²) in [6, 6.07) is 4.70. The van der Waals surface area contributed by atoms with Gasteiger partial charge in [0.25, 0.3) is 0 Å². The molecule has 0 aliphatic heterocycles. The largest absolute Gasteiger partial charge is 0.459 e. The van der Waals surface area contributed by atoms with Crippen molar-refractivity contribution in [1.29, 1.82) is 0 Å².